The average molecular weight is 305 g/mol. The van der Waals surface area contributed by atoms with Gasteiger partial charge in [0, 0.05) is 6.54 Å². The fourth-order valence-electron chi connectivity index (χ4n) is 3.32. The molecule has 0 spiro atoms. The van der Waals surface area contributed by atoms with Crippen LogP contribution >= 0.6 is 0 Å². The fraction of sp³-hybridized carbons (Fsp3) is 0.364. The molecule has 1 aliphatic rings. The van der Waals surface area contributed by atoms with Crippen LogP contribution in [0.2, 0.25) is 0 Å². The molecule has 1 nitrogen and oxygen atoms in total. The second-order valence-electron chi connectivity index (χ2n) is 6.52. The molecule has 23 heavy (non-hydrogen) atoms. The molecule has 1 heteroatoms. The molecule has 2 aromatic rings. The van der Waals surface area contributed by atoms with Crippen LogP contribution in [0.1, 0.15) is 38.2 Å². The molecule has 0 saturated carbocycles. The molecule has 1 aliphatic heterocycles. The summed E-state index contributed by atoms with van der Waals surface area (Å²) in [6, 6.07) is 19.5. The van der Waals surface area contributed by atoms with Gasteiger partial charge in [-0.3, -0.25) is 0 Å². The van der Waals surface area contributed by atoms with E-state index < -0.39 is 0 Å². The lowest BCUT2D eigenvalue weighted by molar-refractivity contribution is 0.233. The molecule has 3 rings (SSSR count). The summed E-state index contributed by atoms with van der Waals surface area (Å²) in [4.78, 5) is 2.60. The molecule has 0 radical (unpaired) electrons. The van der Waals surface area contributed by atoms with Gasteiger partial charge in [-0.15, -0.1) is 0 Å². The quantitative estimate of drug-likeness (QED) is 0.691. The van der Waals surface area contributed by atoms with E-state index in [0.29, 0.717) is 0 Å². The minimum atomic E-state index is 1.16. The Balaban J connectivity index is 1.58. The first-order valence-corrected chi connectivity index (χ1v) is 8.88. The maximum absolute atomic E-state index is 2.60. The zero-order valence-electron chi connectivity index (χ0n) is 14.2. The highest BCUT2D eigenvalue weighted by Crippen LogP contribution is 2.22. The van der Waals surface area contributed by atoms with Gasteiger partial charge in [-0.2, -0.15) is 0 Å². The van der Waals surface area contributed by atoms with Gasteiger partial charge in [0.15, 0.2) is 0 Å². The van der Waals surface area contributed by atoms with E-state index in [2.05, 4.69) is 72.5 Å². The van der Waals surface area contributed by atoms with E-state index in [1.165, 1.54) is 61.2 Å². The molecular formula is C22H27N. The second-order valence-corrected chi connectivity index (χ2v) is 6.52. The summed E-state index contributed by atoms with van der Waals surface area (Å²) in [6.45, 7) is 6.02. The van der Waals surface area contributed by atoms with Crippen molar-refractivity contribution in [2.45, 2.75) is 32.6 Å². The van der Waals surface area contributed by atoms with Gasteiger partial charge in [-0.05, 0) is 61.5 Å². The Morgan fingerprint density at radius 1 is 0.870 bits per heavy atom. The van der Waals surface area contributed by atoms with Gasteiger partial charge in [0.25, 0.3) is 0 Å². The van der Waals surface area contributed by atoms with E-state index in [1.54, 1.807) is 0 Å². The highest BCUT2D eigenvalue weighted by molar-refractivity contribution is 5.69. The van der Waals surface area contributed by atoms with Gasteiger partial charge in [-0.1, -0.05) is 67.1 Å². The molecule has 2 aromatic carbocycles. The molecule has 0 amide bonds. The molecule has 0 atom stereocenters. The highest BCUT2D eigenvalue weighted by atomic mass is 15.1. The van der Waals surface area contributed by atoms with Crippen LogP contribution in [0.15, 0.2) is 60.7 Å². The van der Waals surface area contributed by atoms with E-state index in [0.717, 1.165) is 6.42 Å². The van der Waals surface area contributed by atoms with Gasteiger partial charge < -0.3 is 4.90 Å². The lowest BCUT2D eigenvalue weighted by Gasteiger charge is -2.25. The Hall–Kier alpha value is -1.86. The second kappa shape index (κ2) is 8.12. The maximum atomic E-state index is 2.60. The summed E-state index contributed by atoms with van der Waals surface area (Å²) >= 11 is 0. The van der Waals surface area contributed by atoms with Gasteiger partial charge in [0.1, 0.15) is 0 Å². The standard InChI is InChI=1S/C22H27N/c1-19(9-8-18-23-16-6-3-7-17-23)20-12-14-22(15-13-20)21-10-4-2-5-11-21/h2,4-5,9-15H,3,6-8,16-18H2,1H3. The SMILES string of the molecule is CC(=CCCN1CCCCC1)c1ccc(-c2ccccc2)cc1. The Morgan fingerprint density at radius 3 is 2.22 bits per heavy atom. The minimum absolute atomic E-state index is 1.16. The van der Waals surface area contributed by atoms with Crippen LogP contribution in [-0.2, 0) is 0 Å². The molecule has 0 aromatic heterocycles. The van der Waals surface area contributed by atoms with E-state index in [-0.39, 0.29) is 0 Å². The first-order valence-electron chi connectivity index (χ1n) is 8.88. The molecule has 0 aliphatic carbocycles. The van der Waals surface area contributed by atoms with Crippen molar-refractivity contribution in [3.63, 3.8) is 0 Å². The Bertz CT molecular complexity index is 619. The molecule has 120 valence electrons. The number of benzene rings is 2. The normalized spacial score (nSPS) is 16.5. The molecule has 1 fully saturated rings. The summed E-state index contributed by atoms with van der Waals surface area (Å²) in [5.41, 5.74) is 5.30. The molecule has 0 bridgehead atoms. The number of hydrogen-bond acceptors (Lipinski definition) is 1. The number of allylic oxidation sites excluding steroid dienone is 1. The minimum Gasteiger partial charge on any atom is -0.303 e. The van der Waals surface area contributed by atoms with Crippen LogP contribution < -0.4 is 0 Å². The number of rotatable bonds is 5. The first-order chi connectivity index (χ1) is 11.3. The van der Waals surface area contributed by atoms with Crippen molar-refractivity contribution in [1.82, 2.24) is 4.90 Å². The van der Waals surface area contributed by atoms with Crippen molar-refractivity contribution in [3.8, 4) is 11.1 Å². The first kappa shape index (κ1) is 16.0. The van der Waals surface area contributed by atoms with Gasteiger partial charge in [0.05, 0.1) is 0 Å². The number of piperidine rings is 1. The summed E-state index contributed by atoms with van der Waals surface area (Å²) < 4.78 is 0. The molecule has 1 heterocycles. The summed E-state index contributed by atoms with van der Waals surface area (Å²) in [7, 11) is 0. The molecule has 0 N–H and O–H groups in total. The third-order valence-corrected chi connectivity index (χ3v) is 4.79. The smallest absolute Gasteiger partial charge is 0.00161 e. The van der Waals surface area contributed by atoms with Crippen molar-refractivity contribution in [2.75, 3.05) is 19.6 Å². The van der Waals surface area contributed by atoms with Crippen molar-refractivity contribution in [3.05, 3.63) is 66.2 Å². The Labute approximate surface area is 140 Å². The highest BCUT2D eigenvalue weighted by Gasteiger charge is 2.08. The van der Waals surface area contributed by atoms with Crippen LogP contribution in [0.5, 0.6) is 0 Å². The third kappa shape index (κ3) is 4.56. The monoisotopic (exact) mass is 305 g/mol. The fourth-order valence-corrected chi connectivity index (χ4v) is 3.32. The zero-order valence-corrected chi connectivity index (χ0v) is 14.2. The topological polar surface area (TPSA) is 3.24 Å². The predicted molar refractivity (Wildman–Crippen MR) is 100 cm³/mol. The maximum Gasteiger partial charge on any atom is 0.00161 e. The van der Waals surface area contributed by atoms with Crippen molar-refractivity contribution in [1.29, 1.82) is 0 Å². The van der Waals surface area contributed by atoms with E-state index in [4.69, 9.17) is 0 Å². The van der Waals surface area contributed by atoms with Crippen LogP contribution in [0, 0.1) is 0 Å². The average Bonchev–Trinajstić information content (AvgIpc) is 2.63. The van der Waals surface area contributed by atoms with E-state index in [9.17, 15) is 0 Å². The summed E-state index contributed by atoms with van der Waals surface area (Å²) in [6.07, 6.45) is 7.73. The van der Waals surface area contributed by atoms with Gasteiger partial charge >= 0.3 is 0 Å². The van der Waals surface area contributed by atoms with Crippen LogP contribution in [-0.4, -0.2) is 24.5 Å². The summed E-state index contributed by atoms with van der Waals surface area (Å²) in [5.74, 6) is 0. The Morgan fingerprint density at radius 2 is 1.52 bits per heavy atom. The zero-order chi connectivity index (χ0) is 15.9. The predicted octanol–water partition coefficient (Wildman–Crippen LogP) is 5.63. The van der Waals surface area contributed by atoms with Crippen LogP contribution in [0.25, 0.3) is 16.7 Å². The molecular weight excluding hydrogens is 278 g/mol. The van der Waals surface area contributed by atoms with Crippen LogP contribution in [0.4, 0.5) is 0 Å². The third-order valence-electron chi connectivity index (χ3n) is 4.79. The number of hydrogen-bond donors (Lipinski definition) is 0. The molecule has 0 unspecified atom stereocenters. The van der Waals surface area contributed by atoms with Crippen molar-refractivity contribution >= 4 is 5.57 Å². The Kier molecular flexibility index (Phi) is 5.65. The number of nitrogens with zero attached hydrogens (tertiary/aromatic N) is 1. The van der Waals surface area contributed by atoms with Crippen molar-refractivity contribution in [2.24, 2.45) is 0 Å². The lowest BCUT2D eigenvalue weighted by Crippen LogP contribution is -2.30. The largest absolute Gasteiger partial charge is 0.303 e. The van der Waals surface area contributed by atoms with Crippen LogP contribution in [0.3, 0.4) is 0 Å². The summed E-state index contributed by atoms with van der Waals surface area (Å²) in [5, 5.41) is 0. The van der Waals surface area contributed by atoms with E-state index >= 15 is 0 Å². The van der Waals surface area contributed by atoms with Gasteiger partial charge in [-0.25, -0.2) is 0 Å². The van der Waals surface area contributed by atoms with E-state index in [1.807, 2.05) is 0 Å². The lowest BCUT2D eigenvalue weighted by atomic mass is 10.0. The molecule has 1 saturated heterocycles. The van der Waals surface area contributed by atoms with Crippen molar-refractivity contribution < 1.29 is 0 Å². The number of likely N-dealkylation sites (tertiary alicyclic amines) is 1. The van der Waals surface area contributed by atoms with Gasteiger partial charge in [0.2, 0.25) is 0 Å².